The van der Waals surface area contributed by atoms with Crippen LogP contribution in [0.1, 0.15) is 20.3 Å². The molecule has 0 aromatic carbocycles. The Morgan fingerprint density at radius 3 is 2.50 bits per heavy atom. The standard InChI is InChI=1S/C15H23N5O3S/c1-9(2)6-7-20-13(22)11-12(19(5)15(20)23)17-14(18(11)4)24-8-10(21)16-3/h9H,6-8H2,1-5H3,(H,16,21). The predicted octanol–water partition coefficient (Wildman–Crippen LogP) is 0.318. The largest absolute Gasteiger partial charge is 0.358 e. The quantitative estimate of drug-likeness (QED) is 0.755. The lowest BCUT2D eigenvalue weighted by atomic mass is 10.1. The van der Waals surface area contributed by atoms with Crippen LogP contribution in [-0.4, -0.2) is 37.4 Å². The molecule has 24 heavy (non-hydrogen) atoms. The Morgan fingerprint density at radius 2 is 1.92 bits per heavy atom. The van der Waals surface area contributed by atoms with Crippen LogP contribution in [0.2, 0.25) is 0 Å². The van der Waals surface area contributed by atoms with Crippen molar-refractivity contribution in [1.82, 2.24) is 24.0 Å². The van der Waals surface area contributed by atoms with Crippen LogP contribution in [0.25, 0.3) is 11.2 Å². The summed E-state index contributed by atoms with van der Waals surface area (Å²) in [4.78, 5) is 41.0. The minimum atomic E-state index is -0.367. The number of aryl methyl sites for hydroxylation is 2. The first-order chi connectivity index (χ1) is 11.3. The molecule has 1 amide bonds. The van der Waals surface area contributed by atoms with Crippen LogP contribution >= 0.6 is 11.8 Å². The fourth-order valence-electron chi connectivity index (χ4n) is 2.34. The average molecular weight is 353 g/mol. The fraction of sp³-hybridized carbons (Fsp3) is 0.600. The van der Waals surface area contributed by atoms with Gasteiger partial charge in [-0.2, -0.15) is 0 Å². The molecule has 0 aliphatic rings. The van der Waals surface area contributed by atoms with Gasteiger partial charge in [-0.1, -0.05) is 25.6 Å². The number of hydrogen-bond acceptors (Lipinski definition) is 5. The first-order valence-electron chi connectivity index (χ1n) is 7.77. The number of nitrogens with zero attached hydrogens (tertiary/aromatic N) is 4. The molecule has 0 aliphatic heterocycles. The molecule has 0 spiro atoms. The zero-order valence-electron chi connectivity index (χ0n) is 14.6. The number of aromatic nitrogens is 4. The van der Waals surface area contributed by atoms with Crippen molar-refractivity contribution in [3.63, 3.8) is 0 Å². The van der Waals surface area contributed by atoms with Gasteiger partial charge < -0.3 is 9.88 Å². The highest BCUT2D eigenvalue weighted by molar-refractivity contribution is 7.99. The minimum absolute atomic E-state index is 0.129. The van der Waals surface area contributed by atoms with Crippen LogP contribution in [0, 0.1) is 5.92 Å². The van der Waals surface area contributed by atoms with Gasteiger partial charge in [-0.15, -0.1) is 0 Å². The van der Waals surface area contributed by atoms with E-state index in [4.69, 9.17) is 0 Å². The third-order valence-corrected chi connectivity index (χ3v) is 4.89. The van der Waals surface area contributed by atoms with Gasteiger partial charge in [-0.25, -0.2) is 9.78 Å². The number of amides is 1. The molecule has 0 bridgehead atoms. The van der Waals surface area contributed by atoms with E-state index in [9.17, 15) is 14.4 Å². The van der Waals surface area contributed by atoms with Crippen LogP contribution in [0.5, 0.6) is 0 Å². The molecule has 0 radical (unpaired) electrons. The smallest absolute Gasteiger partial charge is 0.332 e. The summed E-state index contributed by atoms with van der Waals surface area (Å²) >= 11 is 1.23. The summed E-state index contributed by atoms with van der Waals surface area (Å²) in [7, 11) is 4.89. The molecule has 0 saturated carbocycles. The average Bonchev–Trinajstić information content (AvgIpc) is 2.87. The van der Waals surface area contributed by atoms with Crippen molar-refractivity contribution < 1.29 is 4.79 Å². The highest BCUT2D eigenvalue weighted by Gasteiger charge is 2.19. The molecule has 0 unspecified atom stereocenters. The Bertz CT molecular complexity index is 878. The van der Waals surface area contributed by atoms with Crippen molar-refractivity contribution in [2.24, 2.45) is 20.0 Å². The third-order valence-electron chi connectivity index (χ3n) is 3.86. The number of carbonyl (C=O) groups excluding carboxylic acids is 1. The number of fused-ring (bicyclic) bond motifs is 1. The first kappa shape index (κ1) is 18.3. The Kier molecular flexibility index (Phi) is 5.53. The highest BCUT2D eigenvalue weighted by atomic mass is 32.2. The van der Waals surface area contributed by atoms with Crippen LogP contribution < -0.4 is 16.6 Å². The van der Waals surface area contributed by atoms with Crippen LogP contribution in [0.3, 0.4) is 0 Å². The van der Waals surface area contributed by atoms with Crippen molar-refractivity contribution in [2.75, 3.05) is 12.8 Å². The molecular formula is C15H23N5O3S. The van der Waals surface area contributed by atoms with Gasteiger partial charge in [0, 0.05) is 27.7 Å². The van der Waals surface area contributed by atoms with Gasteiger partial charge in [0.1, 0.15) is 0 Å². The number of imidazole rings is 1. The second kappa shape index (κ2) is 7.25. The Hall–Kier alpha value is -2.03. The van der Waals surface area contributed by atoms with E-state index in [2.05, 4.69) is 10.3 Å². The lowest BCUT2D eigenvalue weighted by Crippen LogP contribution is -2.39. The number of nitrogens with one attached hydrogen (secondary N) is 1. The minimum Gasteiger partial charge on any atom is -0.358 e. The van der Waals surface area contributed by atoms with Gasteiger partial charge in [0.2, 0.25) is 5.91 Å². The first-order valence-corrected chi connectivity index (χ1v) is 8.76. The van der Waals surface area contributed by atoms with E-state index in [1.807, 2.05) is 13.8 Å². The predicted molar refractivity (Wildman–Crippen MR) is 94.5 cm³/mol. The van der Waals surface area contributed by atoms with E-state index in [0.717, 1.165) is 6.42 Å². The van der Waals surface area contributed by atoms with Crippen molar-refractivity contribution in [1.29, 1.82) is 0 Å². The maximum atomic E-state index is 12.7. The second-order valence-electron chi connectivity index (χ2n) is 6.07. The summed E-state index contributed by atoms with van der Waals surface area (Å²) in [5.74, 6) is 0.459. The van der Waals surface area contributed by atoms with Gasteiger partial charge in [0.15, 0.2) is 16.3 Å². The summed E-state index contributed by atoms with van der Waals surface area (Å²) in [6, 6.07) is 0. The molecule has 0 aliphatic carbocycles. The van der Waals surface area contributed by atoms with E-state index >= 15 is 0 Å². The van der Waals surface area contributed by atoms with Gasteiger partial charge in [-0.05, 0) is 12.3 Å². The molecule has 2 heterocycles. The van der Waals surface area contributed by atoms with E-state index < -0.39 is 0 Å². The molecule has 0 fully saturated rings. The number of hydrogen-bond donors (Lipinski definition) is 1. The van der Waals surface area contributed by atoms with E-state index in [1.165, 1.54) is 20.9 Å². The van der Waals surface area contributed by atoms with Crippen LogP contribution in [0.4, 0.5) is 0 Å². The zero-order chi connectivity index (χ0) is 18.0. The van der Waals surface area contributed by atoms with E-state index in [0.29, 0.717) is 28.8 Å². The second-order valence-corrected chi connectivity index (χ2v) is 7.01. The summed E-state index contributed by atoms with van der Waals surface area (Å²) in [5.41, 5.74) is 0.0117. The topological polar surface area (TPSA) is 90.9 Å². The molecule has 9 heteroatoms. The maximum absolute atomic E-state index is 12.7. The summed E-state index contributed by atoms with van der Waals surface area (Å²) in [6.45, 7) is 4.47. The van der Waals surface area contributed by atoms with Gasteiger partial charge in [-0.3, -0.25) is 18.7 Å². The van der Waals surface area contributed by atoms with Gasteiger partial charge in [0.05, 0.1) is 5.75 Å². The van der Waals surface area contributed by atoms with Crippen molar-refractivity contribution in [3.8, 4) is 0 Å². The van der Waals surface area contributed by atoms with Crippen LogP contribution in [0.15, 0.2) is 14.7 Å². The van der Waals surface area contributed by atoms with E-state index in [1.54, 1.807) is 25.7 Å². The van der Waals surface area contributed by atoms with Crippen LogP contribution in [-0.2, 0) is 25.4 Å². The fourth-order valence-corrected chi connectivity index (χ4v) is 3.18. The summed E-state index contributed by atoms with van der Waals surface area (Å²) < 4.78 is 4.30. The third kappa shape index (κ3) is 3.40. The Labute approximate surface area is 143 Å². The van der Waals surface area contributed by atoms with Gasteiger partial charge in [0.25, 0.3) is 5.56 Å². The SMILES string of the molecule is CNC(=O)CSc1nc2c(c(=O)n(CCC(C)C)c(=O)n2C)n1C. The molecular weight excluding hydrogens is 330 g/mol. The molecule has 0 saturated heterocycles. The number of carbonyl (C=O) groups is 1. The highest BCUT2D eigenvalue weighted by Crippen LogP contribution is 2.19. The monoisotopic (exact) mass is 353 g/mol. The van der Waals surface area contributed by atoms with Crippen molar-refractivity contribution in [3.05, 3.63) is 20.8 Å². The summed E-state index contributed by atoms with van der Waals surface area (Å²) in [5, 5.41) is 3.07. The van der Waals surface area contributed by atoms with Crippen molar-refractivity contribution in [2.45, 2.75) is 32.0 Å². The number of thioether (sulfide) groups is 1. The lowest BCUT2D eigenvalue weighted by Gasteiger charge is -2.09. The van der Waals surface area contributed by atoms with Crippen molar-refractivity contribution >= 4 is 28.8 Å². The molecule has 8 nitrogen and oxygen atoms in total. The number of rotatable bonds is 6. The van der Waals surface area contributed by atoms with E-state index in [-0.39, 0.29) is 22.9 Å². The molecule has 2 aromatic heterocycles. The zero-order valence-corrected chi connectivity index (χ0v) is 15.4. The molecule has 2 aromatic rings. The Balaban J connectivity index is 2.54. The molecule has 132 valence electrons. The molecule has 1 N–H and O–H groups in total. The Morgan fingerprint density at radius 1 is 1.25 bits per heavy atom. The lowest BCUT2D eigenvalue weighted by molar-refractivity contribution is -0.118. The molecule has 2 rings (SSSR count). The normalized spacial score (nSPS) is 11.4. The van der Waals surface area contributed by atoms with Gasteiger partial charge >= 0.3 is 5.69 Å². The maximum Gasteiger partial charge on any atom is 0.332 e. The summed E-state index contributed by atoms with van der Waals surface area (Å²) in [6.07, 6.45) is 0.747. The molecule has 0 atom stereocenters.